The molecule has 0 atom stereocenters. The highest BCUT2D eigenvalue weighted by molar-refractivity contribution is 6.22. The molecule has 150 valence electrons. The number of phenolic OH excluding ortho intramolecular Hbond substituents is 1. The number of nitrogens with zero attached hydrogens (tertiary/aromatic N) is 3. The van der Waals surface area contributed by atoms with Gasteiger partial charge in [0, 0.05) is 38.9 Å². The van der Waals surface area contributed by atoms with E-state index in [2.05, 4.69) is 46.9 Å². The zero-order chi connectivity index (χ0) is 21.2. The van der Waals surface area contributed by atoms with E-state index in [0.717, 1.165) is 33.7 Å². The topological polar surface area (TPSA) is 50.4 Å². The monoisotopic (exact) mass is 411 g/mol. The molecule has 0 saturated heterocycles. The van der Waals surface area contributed by atoms with Crippen LogP contribution in [-0.2, 0) is 0 Å². The average Bonchev–Trinajstić information content (AvgIpc) is 3.36. The normalized spacial score (nSPS) is 11.9. The lowest BCUT2D eigenvalue weighted by molar-refractivity contribution is 0.477. The minimum Gasteiger partial charge on any atom is -0.507 e. The molecule has 0 aliphatic carbocycles. The van der Waals surface area contributed by atoms with Gasteiger partial charge in [0.1, 0.15) is 11.4 Å². The van der Waals surface area contributed by atoms with Crippen LogP contribution < -0.4 is 0 Å². The maximum Gasteiger partial charge on any atom is 0.145 e. The fourth-order valence-electron chi connectivity index (χ4n) is 4.88. The lowest BCUT2D eigenvalue weighted by Gasteiger charge is -2.07. The summed E-state index contributed by atoms with van der Waals surface area (Å²) < 4.78 is 2.27. The highest BCUT2D eigenvalue weighted by Gasteiger charge is 2.18. The Bertz CT molecular complexity index is 1800. The number of benzene rings is 3. The van der Waals surface area contributed by atoms with Crippen molar-refractivity contribution in [2.75, 3.05) is 0 Å². The van der Waals surface area contributed by atoms with Crippen LogP contribution in [0.4, 0.5) is 0 Å². The number of rotatable bonds is 2. The second-order valence-electron chi connectivity index (χ2n) is 8.07. The fourth-order valence-corrected chi connectivity index (χ4v) is 4.88. The zero-order valence-electron chi connectivity index (χ0n) is 17.0. The van der Waals surface area contributed by atoms with Gasteiger partial charge in [0.2, 0.25) is 0 Å². The highest BCUT2D eigenvalue weighted by Crippen LogP contribution is 2.39. The first-order valence-electron chi connectivity index (χ1n) is 10.6. The van der Waals surface area contributed by atoms with Gasteiger partial charge in [-0.05, 0) is 42.5 Å². The molecule has 0 unspecified atom stereocenters. The van der Waals surface area contributed by atoms with Gasteiger partial charge in [-0.1, -0.05) is 48.5 Å². The Morgan fingerprint density at radius 3 is 2.34 bits per heavy atom. The molecule has 0 aliphatic heterocycles. The van der Waals surface area contributed by atoms with Crippen molar-refractivity contribution in [1.29, 1.82) is 0 Å². The molecule has 4 nitrogen and oxygen atoms in total. The Morgan fingerprint density at radius 1 is 0.656 bits per heavy atom. The third kappa shape index (κ3) is 2.26. The van der Waals surface area contributed by atoms with Crippen LogP contribution in [0.25, 0.3) is 60.7 Å². The van der Waals surface area contributed by atoms with Crippen LogP contribution >= 0.6 is 0 Å². The van der Waals surface area contributed by atoms with Crippen LogP contribution in [0.3, 0.4) is 0 Å². The van der Waals surface area contributed by atoms with E-state index < -0.39 is 0 Å². The molecule has 0 aliphatic rings. The van der Waals surface area contributed by atoms with Gasteiger partial charge in [0.05, 0.1) is 22.4 Å². The predicted octanol–water partition coefficient (Wildman–Crippen LogP) is 6.67. The summed E-state index contributed by atoms with van der Waals surface area (Å²) in [6.07, 6.45) is 1.85. The Balaban J connectivity index is 1.51. The summed E-state index contributed by atoms with van der Waals surface area (Å²) >= 11 is 0. The third-order valence-corrected chi connectivity index (χ3v) is 6.30. The minimum atomic E-state index is 0.230. The molecule has 0 amide bonds. The van der Waals surface area contributed by atoms with Gasteiger partial charge in [0.15, 0.2) is 0 Å². The Morgan fingerprint density at radius 2 is 1.44 bits per heavy atom. The molecule has 7 aromatic rings. The SMILES string of the molecule is Oc1ccccc1-c1cccc(-c2ccc3c4cccc5c6cccnc6n(c3c2)c45)n1. The lowest BCUT2D eigenvalue weighted by atomic mass is 10.0. The molecule has 4 heterocycles. The molecule has 0 fully saturated rings. The molecule has 3 aromatic carbocycles. The molecule has 0 saturated carbocycles. The van der Waals surface area contributed by atoms with Crippen molar-refractivity contribution in [3.8, 4) is 28.3 Å². The van der Waals surface area contributed by atoms with Crippen molar-refractivity contribution in [1.82, 2.24) is 14.4 Å². The number of para-hydroxylation sites is 2. The first kappa shape index (κ1) is 17.3. The minimum absolute atomic E-state index is 0.230. The van der Waals surface area contributed by atoms with Crippen LogP contribution in [0.2, 0.25) is 0 Å². The van der Waals surface area contributed by atoms with Crippen molar-refractivity contribution >= 4 is 38.2 Å². The number of phenols is 1. The van der Waals surface area contributed by atoms with E-state index >= 15 is 0 Å². The van der Waals surface area contributed by atoms with Gasteiger partial charge >= 0.3 is 0 Å². The second kappa shape index (κ2) is 6.28. The van der Waals surface area contributed by atoms with E-state index in [1.165, 1.54) is 27.1 Å². The number of pyridine rings is 2. The molecule has 32 heavy (non-hydrogen) atoms. The summed E-state index contributed by atoms with van der Waals surface area (Å²) in [6, 6.07) is 30.3. The molecular formula is C28H17N3O. The van der Waals surface area contributed by atoms with Crippen LogP contribution in [0.1, 0.15) is 0 Å². The van der Waals surface area contributed by atoms with Crippen LogP contribution in [-0.4, -0.2) is 19.5 Å². The van der Waals surface area contributed by atoms with Crippen molar-refractivity contribution in [3.05, 3.63) is 97.2 Å². The van der Waals surface area contributed by atoms with Gasteiger partial charge in [-0.25, -0.2) is 9.97 Å². The van der Waals surface area contributed by atoms with E-state index in [4.69, 9.17) is 9.97 Å². The van der Waals surface area contributed by atoms with Gasteiger partial charge < -0.3 is 5.11 Å². The van der Waals surface area contributed by atoms with E-state index in [1.54, 1.807) is 6.07 Å². The van der Waals surface area contributed by atoms with Crippen molar-refractivity contribution in [2.45, 2.75) is 0 Å². The van der Waals surface area contributed by atoms with E-state index in [0.29, 0.717) is 0 Å². The molecular weight excluding hydrogens is 394 g/mol. The van der Waals surface area contributed by atoms with Crippen molar-refractivity contribution < 1.29 is 5.11 Å². The van der Waals surface area contributed by atoms with E-state index in [9.17, 15) is 5.11 Å². The molecule has 4 heteroatoms. The third-order valence-electron chi connectivity index (χ3n) is 6.30. The largest absolute Gasteiger partial charge is 0.507 e. The maximum atomic E-state index is 10.3. The molecule has 1 N–H and O–H groups in total. The van der Waals surface area contributed by atoms with Crippen molar-refractivity contribution in [2.24, 2.45) is 0 Å². The van der Waals surface area contributed by atoms with Crippen LogP contribution in [0.15, 0.2) is 97.2 Å². The highest BCUT2D eigenvalue weighted by atomic mass is 16.3. The first-order chi connectivity index (χ1) is 15.8. The number of aromatic hydroxyl groups is 1. The standard InChI is InChI=1S/C28H17N3O/c32-26-12-2-1-6-22(26)24-11-4-10-23(30-24)17-13-14-18-19-7-3-8-20-21-9-5-15-29-28(21)31(27(19)20)25(18)16-17/h1-16,32H. The Hall–Kier alpha value is -4.44. The zero-order valence-corrected chi connectivity index (χ0v) is 17.0. The lowest BCUT2D eigenvalue weighted by Crippen LogP contribution is -1.89. The van der Waals surface area contributed by atoms with Crippen molar-refractivity contribution in [3.63, 3.8) is 0 Å². The quantitative estimate of drug-likeness (QED) is 0.346. The van der Waals surface area contributed by atoms with Crippen LogP contribution in [0, 0.1) is 0 Å². The Kier molecular flexibility index (Phi) is 3.39. The summed E-state index contributed by atoms with van der Waals surface area (Å²) in [5.41, 5.74) is 6.68. The van der Waals surface area contributed by atoms with Gasteiger partial charge in [-0.3, -0.25) is 4.40 Å². The summed E-state index contributed by atoms with van der Waals surface area (Å²) in [5, 5.41) is 15.1. The fraction of sp³-hybridized carbons (Fsp3) is 0. The van der Waals surface area contributed by atoms with Gasteiger partial charge in [-0.15, -0.1) is 0 Å². The molecule has 0 radical (unpaired) electrons. The number of fused-ring (bicyclic) bond motifs is 6. The molecule has 0 spiro atoms. The second-order valence-corrected chi connectivity index (χ2v) is 8.07. The first-order valence-corrected chi connectivity index (χ1v) is 10.6. The van der Waals surface area contributed by atoms with Gasteiger partial charge in [0.25, 0.3) is 0 Å². The summed E-state index contributed by atoms with van der Waals surface area (Å²) in [5.74, 6) is 0.230. The average molecular weight is 411 g/mol. The van der Waals surface area contributed by atoms with E-state index in [-0.39, 0.29) is 5.75 Å². The smallest absolute Gasteiger partial charge is 0.145 e. The molecule has 7 rings (SSSR count). The number of hydrogen-bond donors (Lipinski definition) is 1. The Labute approximate surface area is 183 Å². The predicted molar refractivity (Wildman–Crippen MR) is 129 cm³/mol. The summed E-state index contributed by atoms with van der Waals surface area (Å²) in [7, 11) is 0. The maximum absolute atomic E-state index is 10.3. The van der Waals surface area contributed by atoms with Gasteiger partial charge in [-0.2, -0.15) is 0 Å². The summed E-state index contributed by atoms with van der Waals surface area (Å²) in [6.45, 7) is 0. The molecule has 4 aromatic heterocycles. The molecule has 0 bridgehead atoms. The van der Waals surface area contributed by atoms with E-state index in [1.807, 2.05) is 48.7 Å². The number of hydrogen-bond acceptors (Lipinski definition) is 3. The summed E-state index contributed by atoms with van der Waals surface area (Å²) in [4.78, 5) is 9.57. The van der Waals surface area contributed by atoms with Crippen LogP contribution in [0.5, 0.6) is 5.75 Å². The number of aromatic nitrogens is 3.